The third-order valence-electron chi connectivity index (χ3n) is 2.30. The monoisotopic (exact) mass is 246 g/mol. The van der Waals surface area contributed by atoms with Gasteiger partial charge in [-0.25, -0.2) is 4.39 Å². The minimum absolute atomic E-state index is 0.247. The second-order valence-electron chi connectivity index (χ2n) is 3.73. The molecule has 1 nitrogen and oxygen atoms in total. The molecule has 2 aromatic rings. The molecule has 2 rings (SSSR count). The topological polar surface area (TPSA) is 9.23 Å². The predicted octanol–water partition coefficient (Wildman–Crippen LogP) is 4.74. The van der Waals surface area contributed by atoms with E-state index in [-0.39, 0.29) is 5.82 Å². The van der Waals surface area contributed by atoms with Crippen molar-refractivity contribution in [3.8, 4) is 5.75 Å². The summed E-state index contributed by atoms with van der Waals surface area (Å²) in [5.74, 6) is 0.436. The first-order chi connectivity index (χ1) is 8.74. The SMILES string of the molecule is CC.Cc1cccc(COc2ccc(F)cc2)c1. The van der Waals surface area contributed by atoms with Gasteiger partial charge in [0.2, 0.25) is 0 Å². The van der Waals surface area contributed by atoms with E-state index < -0.39 is 0 Å². The maximum atomic E-state index is 12.6. The van der Waals surface area contributed by atoms with Crippen molar-refractivity contribution >= 4 is 0 Å². The highest BCUT2D eigenvalue weighted by atomic mass is 19.1. The molecule has 0 atom stereocenters. The number of halogens is 1. The number of hydrogen-bond acceptors (Lipinski definition) is 1. The van der Waals surface area contributed by atoms with Crippen molar-refractivity contribution in [3.63, 3.8) is 0 Å². The lowest BCUT2D eigenvalue weighted by molar-refractivity contribution is 0.305. The van der Waals surface area contributed by atoms with E-state index in [0.29, 0.717) is 12.4 Å². The van der Waals surface area contributed by atoms with Gasteiger partial charge in [0, 0.05) is 0 Å². The fourth-order valence-corrected chi connectivity index (χ4v) is 1.50. The highest BCUT2D eigenvalue weighted by molar-refractivity contribution is 5.25. The summed E-state index contributed by atoms with van der Waals surface area (Å²) in [6.45, 7) is 6.55. The highest BCUT2D eigenvalue weighted by Crippen LogP contribution is 2.13. The van der Waals surface area contributed by atoms with E-state index in [1.54, 1.807) is 12.1 Å². The van der Waals surface area contributed by atoms with Crippen molar-refractivity contribution in [2.24, 2.45) is 0 Å². The molecule has 0 aliphatic carbocycles. The zero-order valence-electron chi connectivity index (χ0n) is 11.1. The minimum atomic E-state index is -0.247. The average molecular weight is 246 g/mol. The Kier molecular flexibility index (Phi) is 5.92. The van der Waals surface area contributed by atoms with E-state index in [4.69, 9.17) is 4.74 Å². The number of ether oxygens (including phenoxy) is 1. The van der Waals surface area contributed by atoms with Crippen LogP contribution in [0.5, 0.6) is 5.75 Å². The molecular formula is C16H19FO. The Labute approximate surface area is 108 Å². The lowest BCUT2D eigenvalue weighted by Gasteiger charge is -2.06. The molecule has 0 heterocycles. The molecule has 0 spiro atoms. The number of hydrogen-bond donors (Lipinski definition) is 0. The van der Waals surface area contributed by atoms with Crippen LogP contribution < -0.4 is 4.74 Å². The summed E-state index contributed by atoms with van der Waals surface area (Å²) >= 11 is 0. The van der Waals surface area contributed by atoms with Gasteiger partial charge in [-0.15, -0.1) is 0 Å². The minimum Gasteiger partial charge on any atom is -0.489 e. The third kappa shape index (κ3) is 4.58. The van der Waals surface area contributed by atoms with Gasteiger partial charge in [0.25, 0.3) is 0 Å². The van der Waals surface area contributed by atoms with Gasteiger partial charge in [-0.1, -0.05) is 43.7 Å². The molecule has 2 aromatic carbocycles. The summed E-state index contributed by atoms with van der Waals surface area (Å²) in [6, 6.07) is 14.2. The Morgan fingerprint density at radius 2 is 1.67 bits per heavy atom. The Balaban J connectivity index is 0.000000771. The van der Waals surface area contributed by atoms with Gasteiger partial charge in [-0.05, 0) is 36.8 Å². The summed E-state index contributed by atoms with van der Waals surface area (Å²) in [6.07, 6.45) is 0. The summed E-state index contributed by atoms with van der Waals surface area (Å²) < 4.78 is 18.2. The summed E-state index contributed by atoms with van der Waals surface area (Å²) in [7, 11) is 0. The van der Waals surface area contributed by atoms with Gasteiger partial charge in [-0.3, -0.25) is 0 Å². The molecule has 0 aliphatic heterocycles. The molecule has 0 aliphatic rings. The van der Waals surface area contributed by atoms with Crippen LogP contribution in [-0.4, -0.2) is 0 Å². The molecule has 0 aromatic heterocycles. The summed E-state index contributed by atoms with van der Waals surface area (Å²) in [5.41, 5.74) is 2.32. The van der Waals surface area contributed by atoms with Crippen LogP contribution in [-0.2, 0) is 6.61 Å². The maximum absolute atomic E-state index is 12.6. The lowest BCUT2D eigenvalue weighted by atomic mass is 10.1. The molecule has 18 heavy (non-hydrogen) atoms. The predicted molar refractivity (Wildman–Crippen MR) is 73.3 cm³/mol. The van der Waals surface area contributed by atoms with Gasteiger partial charge < -0.3 is 4.74 Å². The van der Waals surface area contributed by atoms with Crippen molar-refractivity contribution in [1.29, 1.82) is 0 Å². The normalized spacial score (nSPS) is 9.33. The molecule has 0 bridgehead atoms. The largest absolute Gasteiger partial charge is 0.489 e. The fraction of sp³-hybridized carbons (Fsp3) is 0.250. The zero-order valence-corrected chi connectivity index (χ0v) is 11.1. The van der Waals surface area contributed by atoms with Crippen LogP contribution in [0, 0.1) is 12.7 Å². The first kappa shape index (κ1) is 14.2. The molecule has 0 N–H and O–H groups in total. The fourth-order valence-electron chi connectivity index (χ4n) is 1.50. The van der Waals surface area contributed by atoms with Crippen LogP contribution in [0.4, 0.5) is 4.39 Å². The van der Waals surface area contributed by atoms with Crippen molar-refractivity contribution in [2.75, 3.05) is 0 Å². The van der Waals surface area contributed by atoms with E-state index in [9.17, 15) is 4.39 Å². The van der Waals surface area contributed by atoms with Crippen LogP contribution in [0.2, 0.25) is 0 Å². The van der Waals surface area contributed by atoms with Crippen molar-refractivity contribution in [1.82, 2.24) is 0 Å². The second-order valence-corrected chi connectivity index (χ2v) is 3.73. The van der Waals surface area contributed by atoms with Gasteiger partial charge in [-0.2, -0.15) is 0 Å². The van der Waals surface area contributed by atoms with Crippen LogP contribution >= 0.6 is 0 Å². The van der Waals surface area contributed by atoms with E-state index >= 15 is 0 Å². The quantitative estimate of drug-likeness (QED) is 0.760. The molecule has 0 unspecified atom stereocenters. The zero-order chi connectivity index (χ0) is 13.4. The number of benzene rings is 2. The molecule has 0 fully saturated rings. The average Bonchev–Trinajstić information content (AvgIpc) is 2.41. The van der Waals surface area contributed by atoms with Gasteiger partial charge in [0.1, 0.15) is 18.2 Å². The smallest absolute Gasteiger partial charge is 0.123 e. The Bertz CT molecular complexity index is 463. The van der Waals surface area contributed by atoms with Gasteiger partial charge in [0.15, 0.2) is 0 Å². The number of aryl methyl sites for hydroxylation is 1. The van der Waals surface area contributed by atoms with Crippen molar-refractivity contribution in [3.05, 3.63) is 65.5 Å². The van der Waals surface area contributed by atoms with Crippen molar-refractivity contribution < 1.29 is 9.13 Å². The van der Waals surface area contributed by atoms with E-state index in [2.05, 4.69) is 6.07 Å². The lowest BCUT2D eigenvalue weighted by Crippen LogP contribution is -1.95. The molecule has 0 saturated heterocycles. The summed E-state index contributed by atoms with van der Waals surface area (Å²) in [4.78, 5) is 0. The van der Waals surface area contributed by atoms with E-state index in [0.717, 1.165) is 5.56 Å². The summed E-state index contributed by atoms with van der Waals surface area (Å²) in [5, 5.41) is 0. The molecule has 0 saturated carbocycles. The second kappa shape index (κ2) is 7.49. The van der Waals surface area contributed by atoms with Crippen LogP contribution in [0.25, 0.3) is 0 Å². The van der Waals surface area contributed by atoms with Crippen LogP contribution in [0.3, 0.4) is 0 Å². The first-order valence-electron chi connectivity index (χ1n) is 6.18. The van der Waals surface area contributed by atoms with E-state index in [1.807, 2.05) is 39.0 Å². The van der Waals surface area contributed by atoms with Crippen LogP contribution in [0.15, 0.2) is 48.5 Å². The first-order valence-corrected chi connectivity index (χ1v) is 6.18. The Morgan fingerprint density at radius 3 is 2.28 bits per heavy atom. The molecule has 2 heteroatoms. The Morgan fingerprint density at radius 1 is 1.00 bits per heavy atom. The molecule has 0 radical (unpaired) electrons. The molecular weight excluding hydrogens is 227 g/mol. The molecule has 0 amide bonds. The molecule has 96 valence electrons. The highest BCUT2D eigenvalue weighted by Gasteiger charge is 1.96. The maximum Gasteiger partial charge on any atom is 0.123 e. The van der Waals surface area contributed by atoms with Crippen molar-refractivity contribution in [2.45, 2.75) is 27.4 Å². The number of rotatable bonds is 3. The van der Waals surface area contributed by atoms with Crippen LogP contribution in [0.1, 0.15) is 25.0 Å². The van der Waals surface area contributed by atoms with Gasteiger partial charge in [0.05, 0.1) is 0 Å². The Hall–Kier alpha value is -1.83. The third-order valence-corrected chi connectivity index (χ3v) is 2.30. The standard InChI is InChI=1S/C14H13FO.C2H6/c1-11-3-2-4-12(9-11)10-16-14-7-5-13(15)6-8-14;1-2/h2-9H,10H2,1H3;1-2H3. The van der Waals surface area contributed by atoms with E-state index in [1.165, 1.54) is 17.7 Å². The van der Waals surface area contributed by atoms with Gasteiger partial charge >= 0.3 is 0 Å².